The molecule has 2 aliphatic heterocycles. The Bertz CT molecular complexity index is 1260. The Morgan fingerprint density at radius 3 is 2.73 bits per heavy atom. The van der Waals surface area contributed by atoms with E-state index in [0.29, 0.717) is 29.3 Å². The fourth-order valence-corrected chi connectivity index (χ4v) is 4.67. The second-order valence-corrected chi connectivity index (χ2v) is 8.69. The fourth-order valence-electron chi connectivity index (χ4n) is 4.67. The maximum absolute atomic E-state index is 13.9. The number of aliphatic hydroxyl groups excluding tert-OH is 1. The molecule has 2 fully saturated rings. The summed E-state index contributed by atoms with van der Waals surface area (Å²) in [6.45, 7) is 3.82. The van der Waals surface area contributed by atoms with Crippen molar-refractivity contribution < 1.29 is 18.6 Å². The minimum Gasteiger partial charge on any atom is -0.390 e. The summed E-state index contributed by atoms with van der Waals surface area (Å²) in [4.78, 5) is 11.3. The van der Waals surface area contributed by atoms with Crippen LogP contribution in [0.2, 0.25) is 0 Å². The van der Waals surface area contributed by atoms with Gasteiger partial charge in [0.25, 0.3) is 0 Å². The highest BCUT2D eigenvalue weighted by molar-refractivity contribution is 5.78. The average Bonchev–Trinajstić information content (AvgIpc) is 3.34. The van der Waals surface area contributed by atoms with Crippen molar-refractivity contribution in [3.05, 3.63) is 46.8 Å². The number of H-pyrrole nitrogens is 1. The molecule has 1 aromatic carbocycles. The van der Waals surface area contributed by atoms with Gasteiger partial charge in [0.2, 0.25) is 0 Å². The lowest BCUT2D eigenvalue weighted by molar-refractivity contribution is 0.0973. The van der Waals surface area contributed by atoms with E-state index in [0.717, 1.165) is 38.1 Å². The predicted molar refractivity (Wildman–Crippen MR) is 117 cm³/mol. The lowest BCUT2D eigenvalue weighted by atomic mass is 9.73. The van der Waals surface area contributed by atoms with Crippen LogP contribution >= 0.6 is 0 Å². The molecule has 10 heteroatoms. The number of nitrogens with two attached hydrogens (primary N) is 1. The molecule has 0 aliphatic carbocycles. The summed E-state index contributed by atoms with van der Waals surface area (Å²) in [6, 6.07) is 3.18. The van der Waals surface area contributed by atoms with Crippen molar-refractivity contribution in [3.8, 4) is 11.8 Å². The van der Waals surface area contributed by atoms with E-state index in [1.165, 1.54) is 6.07 Å². The molecule has 2 aliphatic rings. The molecule has 0 unspecified atom stereocenters. The third-order valence-corrected chi connectivity index (χ3v) is 6.75. The first-order valence-electron chi connectivity index (χ1n) is 10.9. The SMILES string of the molecule is C[C@@H]1OCC2(CCN(c3nc4[nH]nc(C#Cc5ccc(F)cc5F)c4nc3CO)CC2)[C@@H]1N. The van der Waals surface area contributed by atoms with Crippen LogP contribution in [-0.2, 0) is 11.3 Å². The van der Waals surface area contributed by atoms with Gasteiger partial charge in [-0.2, -0.15) is 5.10 Å². The van der Waals surface area contributed by atoms with Gasteiger partial charge in [-0.1, -0.05) is 5.92 Å². The smallest absolute Gasteiger partial charge is 0.177 e. The number of rotatable bonds is 2. The minimum absolute atomic E-state index is 0.00482. The Balaban J connectivity index is 1.42. The van der Waals surface area contributed by atoms with Gasteiger partial charge in [0.1, 0.15) is 22.8 Å². The number of aromatic nitrogens is 4. The number of anilines is 1. The molecule has 2 atom stereocenters. The normalized spacial score (nSPS) is 22.0. The summed E-state index contributed by atoms with van der Waals surface area (Å²) < 4.78 is 32.8. The van der Waals surface area contributed by atoms with Gasteiger partial charge in [-0.3, -0.25) is 5.10 Å². The molecule has 0 amide bonds. The molecule has 4 N–H and O–H groups in total. The first kappa shape index (κ1) is 21.7. The van der Waals surface area contributed by atoms with Crippen molar-refractivity contribution in [1.29, 1.82) is 0 Å². The van der Waals surface area contributed by atoms with Gasteiger partial charge in [0.05, 0.1) is 24.9 Å². The number of benzene rings is 1. The Kier molecular flexibility index (Phi) is 5.48. The van der Waals surface area contributed by atoms with Crippen LogP contribution in [0.15, 0.2) is 18.2 Å². The Labute approximate surface area is 189 Å². The standard InChI is InChI=1S/C23H24F2N6O2/c1-13-20(26)23(12-33-13)6-8-31(9-7-23)22-18(11-32)27-19-17(29-30-21(19)28-22)5-3-14-2-4-15(24)10-16(14)25/h2,4,10,13,20,32H,6-9,11-12,26H2,1H3,(H,28,29,30)/t13-,20+/m0/s1. The Morgan fingerprint density at radius 2 is 2.06 bits per heavy atom. The molecule has 2 aromatic heterocycles. The van der Waals surface area contributed by atoms with Gasteiger partial charge in [-0.05, 0) is 37.8 Å². The van der Waals surface area contributed by atoms with Crippen LogP contribution in [0.1, 0.15) is 36.7 Å². The molecule has 0 bridgehead atoms. The maximum Gasteiger partial charge on any atom is 0.177 e. The van der Waals surface area contributed by atoms with Crippen molar-refractivity contribution in [2.45, 2.75) is 38.5 Å². The predicted octanol–water partition coefficient (Wildman–Crippen LogP) is 1.86. The monoisotopic (exact) mass is 454 g/mol. The number of nitrogens with one attached hydrogen (secondary N) is 1. The number of aliphatic hydroxyl groups is 1. The maximum atomic E-state index is 13.9. The third-order valence-electron chi connectivity index (χ3n) is 6.75. The molecular formula is C23H24F2N6O2. The van der Waals surface area contributed by atoms with E-state index >= 15 is 0 Å². The van der Waals surface area contributed by atoms with Crippen LogP contribution in [0.3, 0.4) is 0 Å². The van der Waals surface area contributed by atoms with Gasteiger partial charge >= 0.3 is 0 Å². The molecule has 2 saturated heterocycles. The molecule has 33 heavy (non-hydrogen) atoms. The minimum atomic E-state index is -0.753. The van der Waals surface area contributed by atoms with E-state index < -0.39 is 11.6 Å². The zero-order valence-electron chi connectivity index (χ0n) is 18.1. The topological polar surface area (TPSA) is 113 Å². The summed E-state index contributed by atoms with van der Waals surface area (Å²) in [5.74, 6) is 4.57. The first-order valence-corrected chi connectivity index (χ1v) is 10.9. The Morgan fingerprint density at radius 1 is 1.27 bits per heavy atom. The van der Waals surface area contributed by atoms with Crippen LogP contribution in [-0.4, -0.2) is 57.1 Å². The second kappa shape index (κ2) is 8.33. The van der Waals surface area contributed by atoms with Crippen LogP contribution in [0, 0.1) is 28.9 Å². The van der Waals surface area contributed by atoms with Crippen LogP contribution in [0.5, 0.6) is 0 Å². The number of halogens is 2. The van der Waals surface area contributed by atoms with Gasteiger partial charge in [-0.25, -0.2) is 18.7 Å². The number of aromatic amines is 1. The summed E-state index contributed by atoms with van der Waals surface area (Å²) in [5, 5.41) is 16.9. The highest BCUT2D eigenvalue weighted by Gasteiger charge is 2.47. The number of nitrogens with zero attached hydrogens (tertiary/aromatic N) is 4. The quantitative estimate of drug-likeness (QED) is 0.507. The summed E-state index contributed by atoms with van der Waals surface area (Å²) in [7, 11) is 0. The highest BCUT2D eigenvalue weighted by Crippen LogP contribution is 2.42. The average molecular weight is 454 g/mol. The van der Waals surface area contributed by atoms with Crippen molar-refractivity contribution in [2.24, 2.45) is 11.1 Å². The lowest BCUT2D eigenvalue weighted by Gasteiger charge is -2.41. The first-order chi connectivity index (χ1) is 15.9. The van der Waals surface area contributed by atoms with Crippen molar-refractivity contribution in [1.82, 2.24) is 20.2 Å². The molecule has 5 rings (SSSR count). The molecule has 8 nitrogen and oxygen atoms in total. The van der Waals surface area contributed by atoms with Gasteiger partial charge in [-0.15, -0.1) is 0 Å². The van der Waals surface area contributed by atoms with E-state index in [9.17, 15) is 13.9 Å². The number of piperidine rings is 1. The number of ether oxygens (including phenoxy) is 1. The number of hydrogen-bond donors (Lipinski definition) is 3. The van der Waals surface area contributed by atoms with Gasteiger partial charge < -0.3 is 20.5 Å². The molecule has 172 valence electrons. The third kappa shape index (κ3) is 3.82. The zero-order chi connectivity index (χ0) is 23.2. The molecule has 1 spiro atoms. The van der Waals surface area contributed by atoms with Crippen LogP contribution in [0.4, 0.5) is 14.6 Å². The van der Waals surface area contributed by atoms with E-state index in [4.69, 9.17) is 10.5 Å². The fraction of sp³-hybridized carbons (Fsp3) is 0.435. The molecule has 3 aromatic rings. The van der Waals surface area contributed by atoms with Crippen molar-refractivity contribution >= 4 is 17.0 Å². The Hall–Kier alpha value is -3.13. The summed E-state index contributed by atoms with van der Waals surface area (Å²) >= 11 is 0. The van der Waals surface area contributed by atoms with Gasteiger partial charge in [0, 0.05) is 30.6 Å². The molecule has 4 heterocycles. The van der Waals surface area contributed by atoms with E-state index in [1.807, 2.05) is 6.92 Å². The van der Waals surface area contributed by atoms with Crippen LogP contribution in [0.25, 0.3) is 11.2 Å². The lowest BCUT2D eigenvalue weighted by Crippen LogP contribution is -2.51. The molecule has 0 saturated carbocycles. The highest BCUT2D eigenvalue weighted by atomic mass is 19.1. The van der Waals surface area contributed by atoms with E-state index in [-0.39, 0.29) is 35.4 Å². The van der Waals surface area contributed by atoms with E-state index in [1.54, 1.807) is 0 Å². The van der Waals surface area contributed by atoms with Crippen molar-refractivity contribution in [2.75, 3.05) is 24.6 Å². The summed E-state index contributed by atoms with van der Waals surface area (Å²) in [6.07, 6.45) is 1.78. The summed E-state index contributed by atoms with van der Waals surface area (Å²) in [5.41, 5.74) is 7.91. The number of hydrogen-bond acceptors (Lipinski definition) is 7. The largest absolute Gasteiger partial charge is 0.390 e. The molecule has 0 radical (unpaired) electrons. The second-order valence-electron chi connectivity index (χ2n) is 8.69. The zero-order valence-corrected chi connectivity index (χ0v) is 18.1. The van der Waals surface area contributed by atoms with Gasteiger partial charge in [0.15, 0.2) is 17.2 Å². The van der Waals surface area contributed by atoms with E-state index in [2.05, 4.69) is 36.9 Å². The van der Waals surface area contributed by atoms with Crippen molar-refractivity contribution in [3.63, 3.8) is 0 Å². The molecular weight excluding hydrogens is 430 g/mol. The van der Waals surface area contributed by atoms with Crippen LogP contribution < -0.4 is 10.6 Å². The number of fused-ring (bicyclic) bond motifs is 1.